The Bertz CT molecular complexity index is 499. The first-order valence-corrected chi connectivity index (χ1v) is 8.47. The second-order valence-electron chi connectivity index (χ2n) is 6.93. The van der Waals surface area contributed by atoms with Crippen LogP contribution in [0.3, 0.4) is 0 Å². The van der Waals surface area contributed by atoms with Crippen LogP contribution in [-0.4, -0.2) is 81.6 Å². The summed E-state index contributed by atoms with van der Waals surface area (Å²) in [6, 6.07) is 0. The Morgan fingerprint density at radius 1 is 1.17 bits per heavy atom. The van der Waals surface area contributed by atoms with Crippen molar-refractivity contribution in [3.05, 3.63) is 12.2 Å². The molecule has 136 valence electrons. The first-order valence-electron chi connectivity index (χ1n) is 8.47. The van der Waals surface area contributed by atoms with Crippen LogP contribution in [0.5, 0.6) is 0 Å². The van der Waals surface area contributed by atoms with Gasteiger partial charge in [0.1, 0.15) is 24.4 Å². The number of nitrogens with two attached hydrogens (primary N) is 1. The highest BCUT2D eigenvalue weighted by Gasteiger charge is 2.49. The Balaban J connectivity index is 1.79. The number of fused-ring (bicyclic) bond motifs is 2. The number of aliphatic hydroxyl groups excluding tert-OH is 4. The summed E-state index contributed by atoms with van der Waals surface area (Å²) in [5.74, 6) is 0.256. The number of ether oxygens (including phenoxy) is 1. The van der Waals surface area contributed by atoms with Crippen molar-refractivity contribution in [2.24, 2.45) is 23.5 Å². The van der Waals surface area contributed by atoms with Gasteiger partial charge in [0.15, 0.2) is 6.23 Å². The zero-order chi connectivity index (χ0) is 17.4. The predicted octanol–water partition coefficient (Wildman–Crippen LogP) is -2.21. The predicted molar refractivity (Wildman–Crippen MR) is 83.4 cm³/mol. The van der Waals surface area contributed by atoms with E-state index in [1.807, 2.05) is 0 Å². The van der Waals surface area contributed by atoms with Gasteiger partial charge in [-0.25, -0.2) is 0 Å². The Kier molecular flexibility index (Phi) is 5.24. The molecule has 8 atom stereocenters. The summed E-state index contributed by atoms with van der Waals surface area (Å²) >= 11 is 0. The fraction of sp³-hybridized carbons (Fsp3) is 0.812. The van der Waals surface area contributed by atoms with E-state index >= 15 is 0 Å². The second-order valence-corrected chi connectivity index (χ2v) is 6.93. The van der Waals surface area contributed by atoms with E-state index < -0.39 is 37.3 Å². The highest BCUT2D eigenvalue weighted by Crippen LogP contribution is 2.44. The van der Waals surface area contributed by atoms with Crippen molar-refractivity contribution in [3.63, 3.8) is 0 Å². The summed E-state index contributed by atoms with van der Waals surface area (Å²) in [5.41, 5.74) is 5.62. The van der Waals surface area contributed by atoms with Crippen LogP contribution in [0.2, 0.25) is 0 Å². The number of aliphatic hydroxyl groups is 4. The van der Waals surface area contributed by atoms with Gasteiger partial charge in [-0.3, -0.25) is 4.79 Å². The minimum atomic E-state index is -1.51. The third-order valence-electron chi connectivity index (χ3n) is 5.42. The van der Waals surface area contributed by atoms with Crippen molar-refractivity contribution in [2.45, 2.75) is 43.5 Å². The normalized spacial score (nSPS) is 44.0. The van der Waals surface area contributed by atoms with Crippen molar-refractivity contribution in [1.82, 2.24) is 4.90 Å². The van der Waals surface area contributed by atoms with Gasteiger partial charge in [0.05, 0.1) is 6.61 Å². The van der Waals surface area contributed by atoms with Crippen LogP contribution in [0.1, 0.15) is 12.8 Å². The maximum atomic E-state index is 13.0. The average Bonchev–Trinajstić information content (AvgIpc) is 3.21. The molecule has 1 aliphatic heterocycles. The van der Waals surface area contributed by atoms with Crippen molar-refractivity contribution >= 4 is 5.91 Å². The maximum Gasteiger partial charge on any atom is 0.228 e. The van der Waals surface area contributed by atoms with Crippen LogP contribution in [0, 0.1) is 17.8 Å². The summed E-state index contributed by atoms with van der Waals surface area (Å²) in [5, 5.41) is 39.4. The van der Waals surface area contributed by atoms with Gasteiger partial charge in [0.2, 0.25) is 5.91 Å². The lowest BCUT2D eigenvalue weighted by Gasteiger charge is -2.45. The quantitative estimate of drug-likeness (QED) is 0.357. The molecule has 1 amide bonds. The lowest BCUT2D eigenvalue weighted by atomic mass is 9.91. The minimum absolute atomic E-state index is 0.165. The van der Waals surface area contributed by atoms with E-state index in [-0.39, 0.29) is 30.8 Å². The molecule has 1 saturated carbocycles. The Morgan fingerprint density at radius 3 is 2.46 bits per heavy atom. The van der Waals surface area contributed by atoms with Crippen LogP contribution in [-0.2, 0) is 9.53 Å². The standard InChI is InChI=1S/C16H26N2O6/c17-3-4-18(15(23)10-6-8-1-2-9(10)5-8)16-14(22)13(21)12(20)11(7-19)24-16/h1-2,8-14,16,19-22H,3-7,17H2/t8?,9?,10?,11-,12-,13+,14+,16+/m1/s1. The summed E-state index contributed by atoms with van der Waals surface area (Å²) in [7, 11) is 0. The van der Waals surface area contributed by atoms with Crippen LogP contribution in [0.15, 0.2) is 12.2 Å². The van der Waals surface area contributed by atoms with Gasteiger partial charge < -0.3 is 35.8 Å². The zero-order valence-corrected chi connectivity index (χ0v) is 13.4. The van der Waals surface area contributed by atoms with Gasteiger partial charge in [0, 0.05) is 19.0 Å². The number of hydrogen-bond acceptors (Lipinski definition) is 7. The van der Waals surface area contributed by atoms with E-state index in [9.17, 15) is 25.2 Å². The van der Waals surface area contributed by atoms with Crippen LogP contribution < -0.4 is 5.73 Å². The van der Waals surface area contributed by atoms with Crippen molar-refractivity contribution < 1.29 is 30.0 Å². The average molecular weight is 342 g/mol. The van der Waals surface area contributed by atoms with Gasteiger partial charge in [-0.15, -0.1) is 0 Å². The number of carbonyl (C=O) groups is 1. The molecule has 6 N–H and O–H groups in total. The molecule has 3 unspecified atom stereocenters. The molecule has 2 bridgehead atoms. The molecule has 1 saturated heterocycles. The number of rotatable bonds is 5. The highest BCUT2D eigenvalue weighted by molar-refractivity contribution is 5.80. The van der Waals surface area contributed by atoms with Gasteiger partial charge >= 0.3 is 0 Å². The highest BCUT2D eigenvalue weighted by atomic mass is 16.6. The molecular weight excluding hydrogens is 316 g/mol. The molecule has 0 aromatic rings. The Morgan fingerprint density at radius 2 is 1.92 bits per heavy atom. The number of carbonyl (C=O) groups excluding carboxylic acids is 1. The number of amides is 1. The topological polar surface area (TPSA) is 136 Å². The molecule has 1 heterocycles. The Hall–Kier alpha value is -1.03. The Labute approximate surface area is 140 Å². The molecule has 0 spiro atoms. The van der Waals surface area contributed by atoms with Gasteiger partial charge in [0.25, 0.3) is 0 Å². The lowest BCUT2D eigenvalue weighted by molar-refractivity contribution is -0.263. The third-order valence-corrected chi connectivity index (χ3v) is 5.42. The van der Waals surface area contributed by atoms with E-state index in [0.29, 0.717) is 5.92 Å². The molecule has 3 aliphatic rings. The molecule has 0 aromatic carbocycles. The van der Waals surface area contributed by atoms with Crippen LogP contribution >= 0.6 is 0 Å². The molecule has 0 radical (unpaired) electrons. The molecule has 3 rings (SSSR count). The van der Waals surface area contributed by atoms with Gasteiger partial charge in [-0.1, -0.05) is 12.2 Å². The maximum absolute atomic E-state index is 13.0. The first kappa shape index (κ1) is 17.8. The first-order chi connectivity index (χ1) is 11.5. The molecule has 2 fully saturated rings. The molecule has 0 aromatic heterocycles. The third kappa shape index (κ3) is 2.98. The van der Waals surface area contributed by atoms with Gasteiger partial charge in [-0.05, 0) is 24.7 Å². The van der Waals surface area contributed by atoms with E-state index in [1.54, 1.807) is 0 Å². The summed E-state index contributed by atoms with van der Waals surface area (Å²) < 4.78 is 5.53. The lowest BCUT2D eigenvalue weighted by Crippen LogP contribution is -2.65. The fourth-order valence-electron chi connectivity index (χ4n) is 4.12. The van der Waals surface area contributed by atoms with Gasteiger partial charge in [-0.2, -0.15) is 0 Å². The molecule has 2 aliphatic carbocycles. The van der Waals surface area contributed by atoms with Crippen molar-refractivity contribution in [2.75, 3.05) is 19.7 Å². The van der Waals surface area contributed by atoms with E-state index in [0.717, 1.165) is 12.8 Å². The monoisotopic (exact) mass is 342 g/mol. The van der Waals surface area contributed by atoms with E-state index in [2.05, 4.69) is 12.2 Å². The van der Waals surface area contributed by atoms with Crippen molar-refractivity contribution in [3.8, 4) is 0 Å². The molecule has 8 heteroatoms. The van der Waals surface area contributed by atoms with E-state index in [4.69, 9.17) is 10.5 Å². The minimum Gasteiger partial charge on any atom is -0.394 e. The molecule has 8 nitrogen and oxygen atoms in total. The smallest absolute Gasteiger partial charge is 0.228 e. The zero-order valence-electron chi connectivity index (χ0n) is 13.4. The number of hydrogen-bond donors (Lipinski definition) is 5. The molecular formula is C16H26N2O6. The van der Waals surface area contributed by atoms with Crippen molar-refractivity contribution in [1.29, 1.82) is 0 Å². The summed E-state index contributed by atoms with van der Waals surface area (Å²) in [4.78, 5) is 14.3. The SMILES string of the molecule is NCCN(C(=O)C1CC2C=CC1C2)[C@H]1O[C@H](CO)[C@@H](O)[C@H](O)[C@@H]1O. The summed E-state index contributed by atoms with van der Waals surface area (Å²) in [6.45, 7) is -0.181. The second kappa shape index (κ2) is 7.07. The van der Waals surface area contributed by atoms with E-state index in [1.165, 1.54) is 4.90 Å². The van der Waals surface area contributed by atoms with Crippen LogP contribution in [0.4, 0.5) is 0 Å². The largest absolute Gasteiger partial charge is 0.394 e. The fourth-order valence-corrected chi connectivity index (χ4v) is 4.12. The summed E-state index contributed by atoms with van der Waals surface area (Å²) in [6.07, 6.45) is -0.677. The number of allylic oxidation sites excluding steroid dienone is 2. The number of nitrogens with zero attached hydrogens (tertiary/aromatic N) is 1. The molecule has 24 heavy (non-hydrogen) atoms. The van der Waals surface area contributed by atoms with Crippen LogP contribution in [0.25, 0.3) is 0 Å².